The van der Waals surface area contributed by atoms with Gasteiger partial charge in [0.2, 0.25) is 0 Å². The highest BCUT2D eigenvalue weighted by Gasteiger charge is 1.99. The van der Waals surface area contributed by atoms with Gasteiger partial charge in [-0.25, -0.2) is 0 Å². The first-order valence-electron chi connectivity index (χ1n) is 4.20. The van der Waals surface area contributed by atoms with E-state index in [1.54, 1.807) is 7.11 Å². The second-order valence-electron chi connectivity index (χ2n) is 2.81. The minimum atomic E-state index is 0.859. The van der Waals surface area contributed by atoms with E-state index in [0.717, 1.165) is 24.3 Å². The topological polar surface area (TPSA) is 35.2 Å². The maximum absolute atomic E-state index is 5.77. The summed E-state index contributed by atoms with van der Waals surface area (Å²) in [5, 5.41) is 0. The Morgan fingerprint density at radius 3 is 2.75 bits per heavy atom. The van der Waals surface area contributed by atoms with Gasteiger partial charge < -0.3 is 10.5 Å². The Morgan fingerprint density at radius 2 is 2.17 bits per heavy atom. The molecule has 1 rings (SSSR count). The maximum Gasteiger partial charge on any atom is 0.119 e. The van der Waals surface area contributed by atoms with Crippen LogP contribution in [0.1, 0.15) is 18.9 Å². The number of rotatable bonds is 3. The van der Waals surface area contributed by atoms with Crippen LogP contribution in [0.5, 0.6) is 5.75 Å². The van der Waals surface area contributed by atoms with Gasteiger partial charge in [0.15, 0.2) is 0 Å². The fourth-order valence-corrected chi connectivity index (χ4v) is 1.19. The lowest BCUT2D eigenvalue weighted by Gasteiger charge is -2.06. The standard InChI is InChI=1S/C10H15NO/c1-3-4-8-7-9(12-2)5-6-10(8)11/h5-7H,3-4,11H2,1-2H3. The Bertz CT molecular complexity index is 258. The first-order valence-corrected chi connectivity index (χ1v) is 4.20. The lowest BCUT2D eigenvalue weighted by molar-refractivity contribution is 0.414. The maximum atomic E-state index is 5.77. The van der Waals surface area contributed by atoms with Crippen molar-refractivity contribution < 1.29 is 4.74 Å². The third-order valence-electron chi connectivity index (χ3n) is 1.87. The Hall–Kier alpha value is -1.18. The summed E-state index contributed by atoms with van der Waals surface area (Å²) in [4.78, 5) is 0. The molecule has 12 heavy (non-hydrogen) atoms. The summed E-state index contributed by atoms with van der Waals surface area (Å²) in [7, 11) is 1.67. The fraction of sp³-hybridized carbons (Fsp3) is 0.400. The van der Waals surface area contributed by atoms with Gasteiger partial charge in [-0.1, -0.05) is 13.3 Å². The molecule has 1 aromatic rings. The van der Waals surface area contributed by atoms with E-state index in [2.05, 4.69) is 6.92 Å². The Morgan fingerprint density at radius 1 is 1.42 bits per heavy atom. The van der Waals surface area contributed by atoms with Gasteiger partial charge in [0.05, 0.1) is 7.11 Å². The van der Waals surface area contributed by atoms with Crippen LogP contribution in [0, 0.1) is 0 Å². The van der Waals surface area contributed by atoms with Crippen LogP contribution in [0.3, 0.4) is 0 Å². The summed E-state index contributed by atoms with van der Waals surface area (Å²) in [5.41, 5.74) is 7.81. The quantitative estimate of drug-likeness (QED) is 0.697. The van der Waals surface area contributed by atoms with Crippen molar-refractivity contribution in [1.82, 2.24) is 0 Å². The predicted octanol–water partition coefficient (Wildman–Crippen LogP) is 2.23. The van der Waals surface area contributed by atoms with E-state index < -0.39 is 0 Å². The molecular weight excluding hydrogens is 150 g/mol. The van der Waals surface area contributed by atoms with Crippen LogP contribution in [0.25, 0.3) is 0 Å². The average Bonchev–Trinajstić information content (AvgIpc) is 2.09. The number of methoxy groups -OCH3 is 1. The molecule has 0 unspecified atom stereocenters. The van der Waals surface area contributed by atoms with Crippen LogP contribution >= 0.6 is 0 Å². The van der Waals surface area contributed by atoms with Gasteiger partial charge >= 0.3 is 0 Å². The van der Waals surface area contributed by atoms with Crippen LogP contribution in [0.4, 0.5) is 5.69 Å². The molecule has 0 amide bonds. The van der Waals surface area contributed by atoms with Crippen molar-refractivity contribution in [1.29, 1.82) is 0 Å². The van der Waals surface area contributed by atoms with Crippen molar-refractivity contribution in [2.24, 2.45) is 0 Å². The Labute approximate surface area is 73.3 Å². The molecule has 0 heterocycles. The van der Waals surface area contributed by atoms with Crippen molar-refractivity contribution in [3.8, 4) is 5.75 Å². The summed E-state index contributed by atoms with van der Waals surface area (Å²) >= 11 is 0. The first-order chi connectivity index (χ1) is 5.77. The Kier molecular flexibility index (Phi) is 2.97. The number of hydrogen-bond donors (Lipinski definition) is 1. The molecule has 0 aliphatic carbocycles. The molecule has 0 saturated carbocycles. The molecule has 0 spiro atoms. The molecule has 0 radical (unpaired) electrons. The second-order valence-corrected chi connectivity index (χ2v) is 2.81. The predicted molar refractivity (Wildman–Crippen MR) is 51.4 cm³/mol. The zero-order chi connectivity index (χ0) is 8.97. The molecule has 0 aliphatic heterocycles. The highest BCUT2D eigenvalue weighted by Crippen LogP contribution is 2.20. The zero-order valence-corrected chi connectivity index (χ0v) is 7.63. The van der Waals surface area contributed by atoms with E-state index in [0.29, 0.717) is 0 Å². The van der Waals surface area contributed by atoms with Crippen LogP contribution in [0.2, 0.25) is 0 Å². The molecule has 1 aromatic carbocycles. The third kappa shape index (κ3) is 1.91. The van der Waals surface area contributed by atoms with Gasteiger partial charge in [0.1, 0.15) is 5.75 Å². The number of aryl methyl sites for hydroxylation is 1. The van der Waals surface area contributed by atoms with Gasteiger partial charge in [-0.15, -0.1) is 0 Å². The lowest BCUT2D eigenvalue weighted by atomic mass is 10.1. The van der Waals surface area contributed by atoms with Crippen LogP contribution < -0.4 is 10.5 Å². The van der Waals surface area contributed by atoms with E-state index in [-0.39, 0.29) is 0 Å². The molecular formula is C10H15NO. The largest absolute Gasteiger partial charge is 0.497 e. The van der Waals surface area contributed by atoms with Crippen molar-refractivity contribution in [3.05, 3.63) is 23.8 Å². The smallest absolute Gasteiger partial charge is 0.119 e. The van der Waals surface area contributed by atoms with Crippen LogP contribution in [-0.2, 0) is 6.42 Å². The van der Waals surface area contributed by atoms with Crippen molar-refractivity contribution in [3.63, 3.8) is 0 Å². The monoisotopic (exact) mass is 165 g/mol. The molecule has 2 N–H and O–H groups in total. The van der Waals surface area contributed by atoms with Crippen molar-refractivity contribution in [2.45, 2.75) is 19.8 Å². The molecule has 0 atom stereocenters. The van der Waals surface area contributed by atoms with Crippen LogP contribution in [0.15, 0.2) is 18.2 Å². The van der Waals surface area contributed by atoms with E-state index in [1.807, 2.05) is 18.2 Å². The normalized spacial score (nSPS) is 9.83. The molecule has 2 heteroatoms. The van der Waals surface area contributed by atoms with Gasteiger partial charge in [-0.2, -0.15) is 0 Å². The summed E-state index contributed by atoms with van der Waals surface area (Å²) in [6.45, 7) is 2.14. The van der Waals surface area contributed by atoms with Crippen LogP contribution in [-0.4, -0.2) is 7.11 Å². The minimum absolute atomic E-state index is 0.859. The SMILES string of the molecule is CCCc1cc(OC)ccc1N. The molecule has 0 bridgehead atoms. The molecule has 2 nitrogen and oxygen atoms in total. The number of hydrogen-bond acceptors (Lipinski definition) is 2. The van der Waals surface area contributed by atoms with Gasteiger partial charge in [-0.3, -0.25) is 0 Å². The molecule has 66 valence electrons. The molecule has 0 aromatic heterocycles. The number of ether oxygens (including phenoxy) is 1. The summed E-state index contributed by atoms with van der Waals surface area (Å²) in [5.74, 6) is 0.882. The Balaban J connectivity index is 2.91. The van der Waals surface area contributed by atoms with E-state index in [1.165, 1.54) is 5.56 Å². The average molecular weight is 165 g/mol. The van der Waals surface area contributed by atoms with E-state index in [9.17, 15) is 0 Å². The van der Waals surface area contributed by atoms with E-state index >= 15 is 0 Å². The fourth-order valence-electron chi connectivity index (χ4n) is 1.19. The zero-order valence-electron chi connectivity index (χ0n) is 7.63. The highest BCUT2D eigenvalue weighted by atomic mass is 16.5. The number of nitrogens with two attached hydrogens (primary N) is 1. The molecule has 0 aliphatic rings. The van der Waals surface area contributed by atoms with E-state index in [4.69, 9.17) is 10.5 Å². The number of benzene rings is 1. The third-order valence-corrected chi connectivity index (χ3v) is 1.87. The van der Waals surface area contributed by atoms with Gasteiger partial charge in [0, 0.05) is 5.69 Å². The molecule has 0 saturated heterocycles. The lowest BCUT2D eigenvalue weighted by Crippen LogP contribution is -1.94. The summed E-state index contributed by atoms with van der Waals surface area (Å²) in [6.07, 6.45) is 2.13. The first kappa shape index (κ1) is 8.91. The number of anilines is 1. The van der Waals surface area contributed by atoms with Gasteiger partial charge in [0.25, 0.3) is 0 Å². The van der Waals surface area contributed by atoms with Crippen molar-refractivity contribution in [2.75, 3.05) is 12.8 Å². The number of nitrogen functional groups attached to an aromatic ring is 1. The molecule has 0 fully saturated rings. The summed E-state index contributed by atoms with van der Waals surface area (Å²) < 4.78 is 5.10. The van der Waals surface area contributed by atoms with Gasteiger partial charge in [-0.05, 0) is 30.2 Å². The second kappa shape index (κ2) is 4.00. The minimum Gasteiger partial charge on any atom is -0.497 e. The summed E-state index contributed by atoms with van der Waals surface area (Å²) in [6, 6.07) is 5.77. The van der Waals surface area contributed by atoms with Crippen molar-refractivity contribution >= 4 is 5.69 Å². The highest BCUT2D eigenvalue weighted by molar-refractivity contribution is 5.50.